The summed E-state index contributed by atoms with van der Waals surface area (Å²) < 4.78 is 0. The van der Waals surface area contributed by atoms with Crippen LogP contribution in [0.25, 0.3) is 6.08 Å². The average Bonchev–Trinajstić information content (AvgIpc) is 2.66. The molecular weight excluding hydrogens is 260 g/mol. The third-order valence-electron chi connectivity index (χ3n) is 3.20. The molecule has 1 N–H and O–H groups in total. The number of rotatable bonds is 1. The fraction of sp³-hybridized carbons (Fsp3) is 0.0625. The molecular formula is C16H11ClO2. The van der Waals surface area contributed by atoms with Gasteiger partial charge in [-0.25, -0.2) is 0 Å². The SMILES string of the molecule is O=C1/C(=C/c2cccc(Cl)c2)Cc2cc(O)ccc21. The topological polar surface area (TPSA) is 37.3 Å². The van der Waals surface area contributed by atoms with Gasteiger partial charge in [-0.05, 0) is 47.5 Å². The first-order valence-electron chi connectivity index (χ1n) is 5.96. The van der Waals surface area contributed by atoms with Crippen LogP contribution in [0, 0.1) is 0 Å². The standard InChI is InChI=1S/C16H11ClO2/c17-13-3-1-2-10(7-13)6-12-8-11-9-14(18)4-5-15(11)16(12)19/h1-7,9,18H,8H2/b12-6+. The predicted molar refractivity (Wildman–Crippen MR) is 75.6 cm³/mol. The van der Waals surface area contributed by atoms with Crippen LogP contribution in [-0.4, -0.2) is 10.9 Å². The second kappa shape index (κ2) is 4.56. The summed E-state index contributed by atoms with van der Waals surface area (Å²) in [5, 5.41) is 10.1. The molecule has 2 nitrogen and oxygen atoms in total. The molecule has 3 rings (SSSR count). The number of carbonyl (C=O) groups excluding carboxylic acids is 1. The van der Waals surface area contributed by atoms with Crippen molar-refractivity contribution in [3.8, 4) is 5.75 Å². The number of halogens is 1. The first kappa shape index (κ1) is 12.0. The van der Waals surface area contributed by atoms with E-state index in [-0.39, 0.29) is 11.5 Å². The second-order valence-corrected chi connectivity index (χ2v) is 5.01. The summed E-state index contributed by atoms with van der Waals surface area (Å²) in [6.45, 7) is 0. The van der Waals surface area contributed by atoms with Gasteiger partial charge in [0.15, 0.2) is 5.78 Å². The zero-order chi connectivity index (χ0) is 13.4. The van der Waals surface area contributed by atoms with Crippen LogP contribution in [0.1, 0.15) is 21.5 Å². The zero-order valence-corrected chi connectivity index (χ0v) is 10.8. The Bertz CT molecular complexity index is 702. The molecule has 2 aromatic rings. The van der Waals surface area contributed by atoms with Crippen LogP contribution in [-0.2, 0) is 6.42 Å². The lowest BCUT2D eigenvalue weighted by molar-refractivity contribution is 0.104. The number of aromatic hydroxyl groups is 1. The van der Waals surface area contributed by atoms with E-state index in [0.717, 1.165) is 16.7 Å². The van der Waals surface area contributed by atoms with Gasteiger partial charge < -0.3 is 5.11 Å². The van der Waals surface area contributed by atoms with Gasteiger partial charge in [-0.1, -0.05) is 23.7 Å². The van der Waals surface area contributed by atoms with Gasteiger partial charge in [-0.2, -0.15) is 0 Å². The van der Waals surface area contributed by atoms with Crippen molar-refractivity contribution in [2.75, 3.05) is 0 Å². The fourth-order valence-corrected chi connectivity index (χ4v) is 2.52. The number of allylic oxidation sites excluding steroid dienone is 1. The minimum Gasteiger partial charge on any atom is -0.508 e. The molecule has 1 aliphatic carbocycles. The number of benzene rings is 2. The maximum atomic E-state index is 12.2. The molecule has 0 aromatic heterocycles. The minimum atomic E-state index is 0.0231. The Balaban J connectivity index is 1.99. The van der Waals surface area contributed by atoms with Crippen LogP contribution in [0.3, 0.4) is 0 Å². The van der Waals surface area contributed by atoms with Gasteiger partial charge in [-0.15, -0.1) is 0 Å². The van der Waals surface area contributed by atoms with Gasteiger partial charge in [0.1, 0.15) is 5.75 Å². The number of fused-ring (bicyclic) bond motifs is 1. The van der Waals surface area contributed by atoms with E-state index < -0.39 is 0 Å². The summed E-state index contributed by atoms with van der Waals surface area (Å²) in [4.78, 5) is 12.2. The normalized spacial score (nSPS) is 15.8. The fourth-order valence-electron chi connectivity index (χ4n) is 2.32. The maximum Gasteiger partial charge on any atom is 0.189 e. The molecule has 0 aliphatic heterocycles. The summed E-state index contributed by atoms with van der Waals surface area (Å²) in [6, 6.07) is 12.2. The molecule has 0 fully saturated rings. The van der Waals surface area contributed by atoms with Crippen molar-refractivity contribution >= 4 is 23.5 Å². The second-order valence-electron chi connectivity index (χ2n) is 4.57. The van der Waals surface area contributed by atoms with Gasteiger partial charge in [0.2, 0.25) is 0 Å². The quantitative estimate of drug-likeness (QED) is 0.799. The number of carbonyl (C=O) groups is 1. The van der Waals surface area contributed by atoms with E-state index in [0.29, 0.717) is 17.0 Å². The van der Waals surface area contributed by atoms with Crippen LogP contribution in [0.2, 0.25) is 5.02 Å². The number of Topliss-reactive ketones (excluding diaryl/α,β-unsaturated/α-hetero) is 1. The molecule has 1 aliphatic rings. The Labute approximate surface area is 116 Å². The molecule has 0 saturated heterocycles. The molecule has 0 atom stereocenters. The number of phenolic OH excluding ortho intramolecular Hbond substituents is 1. The van der Waals surface area contributed by atoms with Crippen LogP contribution < -0.4 is 0 Å². The van der Waals surface area contributed by atoms with Crippen molar-refractivity contribution in [1.82, 2.24) is 0 Å². The molecule has 0 bridgehead atoms. The van der Waals surface area contributed by atoms with E-state index in [1.807, 2.05) is 24.3 Å². The highest BCUT2D eigenvalue weighted by Crippen LogP contribution is 2.30. The summed E-state index contributed by atoms with van der Waals surface area (Å²) in [7, 11) is 0. The Morgan fingerprint density at radius 2 is 2.00 bits per heavy atom. The summed E-state index contributed by atoms with van der Waals surface area (Å²) in [5.74, 6) is 0.213. The minimum absolute atomic E-state index is 0.0231. The van der Waals surface area contributed by atoms with E-state index >= 15 is 0 Å². The molecule has 0 amide bonds. The van der Waals surface area contributed by atoms with E-state index in [9.17, 15) is 9.90 Å². The zero-order valence-electron chi connectivity index (χ0n) is 10.1. The van der Waals surface area contributed by atoms with Crippen LogP contribution in [0.5, 0.6) is 5.75 Å². The molecule has 0 heterocycles. The number of hydrogen-bond acceptors (Lipinski definition) is 2. The van der Waals surface area contributed by atoms with Crippen molar-refractivity contribution < 1.29 is 9.90 Å². The van der Waals surface area contributed by atoms with Crippen molar-refractivity contribution in [3.05, 3.63) is 69.8 Å². The van der Waals surface area contributed by atoms with Gasteiger partial charge in [0, 0.05) is 22.6 Å². The monoisotopic (exact) mass is 270 g/mol. The van der Waals surface area contributed by atoms with E-state index in [1.54, 1.807) is 24.3 Å². The Morgan fingerprint density at radius 1 is 1.16 bits per heavy atom. The summed E-state index contributed by atoms with van der Waals surface area (Å²) >= 11 is 5.93. The number of phenols is 1. The Morgan fingerprint density at radius 3 is 2.79 bits per heavy atom. The Kier molecular flexibility index (Phi) is 2.88. The first-order valence-corrected chi connectivity index (χ1v) is 6.34. The van der Waals surface area contributed by atoms with Gasteiger partial charge in [0.05, 0.1) is 0 Å². The highest BCUT2D eigenvalue weighted by atomic mass is 35.5. The maximum absolute atomic E-state index is 12.2. The Hall–Kier alpha value is -2.06. The largest absolute Gasteiger partial charge is 0.508 e. The van der Waals surface area contributed by atoms with Crippen molar-refractivity contribution in [3.63, 3.8) is 0 Å². The lowest BCUT2D eigenvalue weighted by atomic mass is 10.1. The highest BCUT2D eigenvalue weighted by Gasteiger charge is 2.24. The van der Waals surface area contributed by atoms with Crippen molar-refractivity contribution in [2.24, 2.45) is 0 Å². The van der Waals surface area contributed by atoms with Gasteiger partial charge in [-0.3, -0.25) is 4.79 Å². The predicted octanol–water partition coefficient (Wildman–Crippen LogP) is 3.87. The van der Waals surface area contributed by atoms with E-state index in [1.165, 1.54) is 0 Å². The van der Waals surface area contributed by atoms with E-state index in [2.05, 4.69) is 0 Å². The highest BCUT2D eigenvalue weighted by molar-refractivity contribution is 6.30. The molecule has 3 heteroatoms. The number of hydrogen-bond donors (Lipinski definition) is 1. The van der Waals surface area contributed by atoms with Crippen LogP contribution in [0.15, 0.2) is 48.0 Å². The molecule has 19 heavy (non-hydrogen) atoms. The summed E-state index contributed by atoms with van der Waals surface area (Å²) in [5.41, 5.74) is 3.18. The molecule has 2 aromatic carbocycles. The van der Waals surface area contributed by atoms with Crippen LogP contribution >= 0.6 is 11.6 Å². The third-order valence-corrected chi connectivity index (χ3v) is 3.43. The lowest BCUT2D eigenvalue weighted by Crippen LogP contribution is -1.94. The first-order chi connectivity index (χ1) is 9.13. The third kappa shape index (κ3) is 2.27. The van der Waals surface area contributed by atoms with Crippen molar-refractivity contribution in [2.45, 2.75) is 6.42 Å². The average molecular weight is 271 g/mol. The smallest absolute Gasteiger partial charge is 0.189 e. The van der Waals surface area contributed by atoms with Gasteiger partial charge >= 0.3 is 0 Å². The van der Waals surface area contributed by atoms with Crippen molar-refractivity contribution in [1.29, 1.82) is 0 Å². The van der Waals surface area contributed by atoms with Gasteiger partial charge in [0.25, 0.3) is 0 Å². The lowest BCUT2D eigenvalue weighted by Gasteiger charge is -1.97. The molecule has 0 radical (unpaired) electrons. The van der Waals surface area contributed by atoms with Crippen LogP contribution in [0.4, 0.5) is 0 Å². The van der Waals surface area contributed by atoms with E-state index in [4.69, 9.17) is 11.6 Å². The molecule has 0 spiro atoms. The molecule has 94 valence electrons. The molecule has 0 unspecified atom stereocenters. The summed E-state index contributed by atoms with van der Waals surface area (Å²) in [6.07, 6.45) is 2.40. The number of ketones is 1. The molecule has 0 saturated carbocycles.